The van der Waals surface area contributed by atoms with Crippen LogP contribution < -0.4 is 0 Å². The molecule has 0 saturated carbocycles. The Morgan fingerprint density at radius 3 is 2.18 bits per heavy atom. The second-order valence-electron chi connectivity index (χ2n) is 5.77. The SMILES string of the molecule is CC(C)C1CC(=O)N(C(C)C(C)(C)C=O)C1=O. The van der Waals surface area contributed by atoms with Crippen LogP contribution >= 0.6 is 0 Å². The number of nitrogens with zero attached hydrogens (tertiary/aromatic N) is 1. The van der Waals surface area contributed by atoms with Crippen LogP contribution in [0.25, 0.3) is 0 Å². The Kier molecular flexibility index (Phi) is 3.74. The summed E-state index contributed by atoms with van der Waals surface area (Å²) in [5.74, 6) is -0.362. The van der Waals surface area contributed by atoms with Crippen molar-refractivity contribution in [2.75, 3.05) is 0 Å². The van der Waals surface area contributed by atoms with Gasteiger partial charge in [-0.3, -0.25) is 14.5 Å². The molecule has 17 heavy (non-hydrogen) atoms. The van der Waals surface area contributed by atoms with Crippen molar-refractivity contribution >= 4 is 18.1 Å². The molecule has 1 aliphatic heterocycles. The fourth-order valence-electron chi connectivity index (χ4n) is 2.03. The van der Waals surface area contributed by atoms with E-state index in [1.54, 1.807) is 20.8 Å². The highest BCUT2D eigenvalue weighted by molar-refractivity contribution is 6.04. The van der Waals surface area contributed by atoms with Gasteiger partial charge in [0.15, 0.2) is 0 Å². The van der Waals surface area contributed by atoms with Gasteiger partial charge in [0.05, 0.1) is 0 Å². The number of carbonyl (C=O) groups excluding carboxylic acids is 3. The van der Waals surface area contributed by atoms with Gasteiger partial charge < -0.3 is 4.79 Å². The van der Waals surface area contributed by atoms with Crippen molar-refractivity contribution < 1.29 is 14.4 Å². The van der Waals surface area contributed by atoms with Gasteiger partial charge in [-0.15, -0.1) is 0 Å². The Morgan fingerprint density at radius 2 is 1.82 bits per heavy atom. The minimum absolute atomic E-state index is 0.132. The van der Waals surface area contributed by atoms with Gasteiger partial charge in [-0.05, 0) is 12.8 Å². The molecule has 0 spiro atoms. The average Bonchev–Trinajstić information content (AvgIpc) is 2.53. The molecule has 1 saturated heterocycles. The van der Waals surface area contributed by atoms with Crippen molar-refractivity contribution in [3.8, 4) is 0 Å². The highest BCUT2D eigenvalue weighted by Crippen LogP contribution is 2.32. The lowest BCUT2D eigenvalue weighted by Crippen LogP contribution is -2.47. The van der Waals surface area contributed by atoms with Crippen LogP contribution in [-0.2, 0) is 14.4 Å². The second-order valence-corrected chi connectivity index (χ2v) is 5.77. The Morgan fingerprint density at radius 1 is 1.29 bits per heavy atom. The molecule has 1 fully saturated rings. The van der Waals surface area contributed by atoms with E-state index in [1.807, 2.05) is 13.8 Å². The third kappa shape index (κ3) is 2.40. The lowest BCUT2D eigenvalue weighted by Gasteiger charge is -2.33. The fraction of sp³-hybridized carbons (Fsp3) is 0.769. The number of carbonyl (C=O) groups is 3. The van der Waals surface area contributed by atoms with Crippen LogP contribution in [0.4, 0.5) is 0 Å². The maximum Gasteiger partial charge on any atom is 0.233 e. The first-order valence-electron chi connectivity index (χ1n) is 6.04. The molecule has 0 bridgehead atoms. The normalized spacial score (nSPS) is 23.4. The summed E-state index contributed by atoms with van der Waals surface area (Å²) >= 11 is 0. The van der Waals surface area contributed by atoms with Crippen molar-refractivity contribution in [2.45, 2.75) is 47.1 Å². The van der Waals surface area contributed by atoms with Crippen LogP contribution in [0.1, 0.15) is 41.0 Å². The largest absolute Gasteiger partial charge is 0.303 e. The Bertz CT molecular complexity index is 347. The van der Waals surface area contributed by atoms with Crippen LogP contribution in [-0.4, -0.2) is 29.0 Å². The van der Waals surface area contributed by atoms with Gasteiger partial charge >= 0.3 is 0 Å². The van der Waals surface area contributed by atoms with Crippen molar-refractivity contribution in [1.82, 2.24) is 4.90 Å². The molecule has 0 aromatic heterocycles. The zero-order chi connectivity index (χ0) is 13.4. The van der Waals surface area contributed by atoms with Crippen LogP contribution in [0, 0.1) is 17.3 Å². The van der Waals surface area contributed by atoms with E-state index in [2.05, 4.69) is 0 Å². The molecule has 0 aliphatic carbocycles. The summed E-state index contributed by atoms with van der Waals surface area (Å²) in [6.07, 6.45) is 1.08. The van der Waals surface area contributed by atoms with Crippen LogP contribution in [0.3, 0.4) is 0 Å². The third-order valence-electron chi connectivity index (χ3n) is 3.79. The lowest BCUT2D eigenvalue weighted by molar-refractivity contribution is -0.145. The fourth-order valence-corrected chi connectivity index (χ4v) is 2.03. The zero-order valence-corrected chi connectivity index (χ0v) is 11.2. The molecule has 1 heterocycles. The molecular formula is C13H21NO3. The van der Waals surface area contributed by atoms with Gasteiger partial charge in [0.2, 0.25) is 11.8 Å². The van der Waals surface area contributed by atoms with Gasteiger partial charge in [-0.1, -0.05) is 27.7 Å². The summed E-state index contributed by atoms with van der Waals surface area (Å²) in [4.78, 5) is 36.3. The first-order valence-corrected chi connectivity index (χ1v) is 6.04. The molecule has 0 aromatic carbocycles. The Hall–Kier alpha value is -1.19. The summed E-state index contributed by atoms with van der Waals surface area (Å²) in [6.45, 7) is 9.12. The van der Waals surface area contributed by atoms with Gasteiger partial charge in [0, 0.05) is 23.8 Å². The van der Waals surface area contributed by atoms with Crippen molar-refractivity contribution in [3.05, 3.63) is 0 Å². The number of hydrogen-bond donors (Lipinski definition) is 0. The summed E-state index contributed by atoms with van der Waals surface area (Å²) < 4.78 is 0. The Labute approximate surface area is 102 Å². The number of hydrogen-bond acceptors (Lipinski definition) is 3. The quantitative estimate of drug-likeness (QED) is 0.553. The van der Waals surface area contributed by atoms with Gasteiger partial charge in [-0.25, -0.2) is 0 Å². The molecule has 2 amide bonds. The molecule has 0 N–H and O–H groups in total. The molecule has 0 aromatic rings. The highest BCUT2D eigenvalue weighted by Gasteiger charge is 2.45. The maximum absolute atomic E-state index is 12.2. The van der Waals surface area contributed by atoms with E-state index in [4.69, 9.17) is 0 Å². The van der Waals surface area contributed by atoms with Crippen molar-refractivity contribution in [2.24, 2.45) is 17.3 Å². The predicted octanol–water partition coefficient (Wildman–Crippen LogP) is 1.63. The van der Waals surface area contributed by atoms with E-state index in [1.165, 1.54) is 4.90 Å². The molecule has 1 rings (SSSR count). The third-order valence-corrected chi connectivity index (χ3v) is 3.79. The van der Waals surface area contributed by atoms with Crippen molar-refractivity contribution in [1.29, 1.82) is 0 Å². The van der Waals surface area contributed by atoms with Crippen LogP contribution in [0.15, 0.2) is 0 Å². The summed E-state index contributed by atoms with van der Waals surface area (Å²) in [6, 6.07) is -0.385. The van der Waals surface area contributed by atoms with E-state index < -0.39 is 5.41 Å². The first kappa shape index (κ1) is 13.9. The number of imide groups is 1. The minimum Gasteiger partial charge on any atom is -0.303 e. The van der Waals surface area contributed by atoms with Crippen molar-refractivity contribution in [3.63, 3.8) is 0 Å². The summed E-state index contributed by atoms with van der Waals surface area (Å²) in [5, 5.41) is 0. The van der Waals surface area contributed by atoms with Gasteiger partial charge in [0.25, 0.3) is 0 Å². The number of rotatable bonds is 4. The molecule has 2 atom stereocenters. The molecule has 96 valence electrons. The molecule has 4 nitrogen and oxygen atoms in total. The van der Waals surface area contributed by atoms with Gasteiger partial charge in [0.1, 0.15) is 6.29 Å². The van der Waals surface area contributed by atoms with E-state index in [0.29, 0.717) is 0 Å². The topological polar surface area (TPSA) is 54.5 Å². The van der Waals surface area contributed by atoms with E-state index in [0.717, 1.165) is 6.29 Å². The molecule has 4 heteroatoms. The standard InChI is InChI=1S/C13H21NO3/c1-8(2)10-6-11(16)14(12(10)17)9(3)13(4,5)7-15/h7-10H,6H2,1-5H3. The average molecular weight is 239 g/mol. The first-order chi connectivity index (χ1) is 7.72. The van der Waals surface area contributed by atoms with E-state index >= 15 is 0 Å². The van der Waals surface area contributed by atoms with Gasteiger partial charge in [-0.2, -0.15) is 0 Å². The predicted molar refractivity (Wildman–Crippen MR) is 64.1 cm³/mol. The second kappa shape index (κ2) is 4.59. The number of likely N-dealkylation sites (tertiary alicyclic amines) is 1. The minimum atomic E-state index is -0.697. The van der Waals surface area contributed by atoms with E-state index in [-0.39, 0.29) is 36.1 Å². The van der Waals surface area contributed by atoms with E-state index in [9.17, 15) is 14.4 Å². The summed E-state index contributed by atoms with van der Waals surface area (Å²) in [5.41, 5.74) is -0.697. The molecule has 1 aliphatic rings. The zero-order valence-electron chi connectivity index (χ0n) is 11.2. The molecule has 2 unspecified atom stereocenters. The van der Waals surface area contributed by atoms with Crippen LogP contribution in [0.2, 0.25) is 0 Å². The number of aldehydes is 1. The maximum atomic E-state index is 12.2. The van der Waals surface area contributed by atoms with Crippen LogP contribution in [0.5, 0.6) is 0 Å². The lowest BCUT2D eigenvalue weighted by atomic mass is 9.86. The highest BCUT2D eigenvalue weighted by atomic mass is 16.2. The number of amides is 2. The summed E-state index contributed by atoms with van der Waals surface area (Å²) in [7, 11) is 0. The smallest absolute Gasteiger partial charge is 0.233 e. The monoisotopic (exact) mass is 239 g/mol. The molecular weight excluding hydrogens is 218 g/mol. The Balaban J connectivity index is 2.96. The molecule has 0 radical (unpaired) electrons.